The van der Waals surface area contributed by atoms with E-state index < -0.39 is 0 Å². The lowest BCUT2D eigenvalue weighted by Crippen LogP contribution is -2.40. The van der Waals surface area contributed by atoms with Crippen molar-refractivity contribution < 1.29 is 4.79 Å². The van der Waals surface area contributed by atoms with Gasteiger partial charge in [0.05, 0.1) is 11.6 Å². The van der Waals surface area contributed by atoms with E-state index in [9.17, 15) is 4.79 Å². The number of nitrogens with zero attached hydrogens (tertiary/aromatic N) is 1. The van der Waals surface area contributed by atoms with Crippen molar-refractivity contribution in [3.8, 4) is 6.07 Å². The molecule has 1 aromatic rings. The first kappa shape index (κ1) is 11.7. The zero-order chi connectivity index (χ0) is 12.3. The van der Waals surface area contributed by atoms with Crippen LogP contribution in [0, 0.1) is 17.2 Å². The van der Waals surface area contributed by atoms with Gasteiger partial charge in [-0.3, -0.25) is 4.79 Å². The maximum atomic E-state index is 11.9. The molecule has 0 heterocycles. The van der Waals surface area contributed by atoms with Crippen molar-refractivity contribution in [2.24, 2.45) is 5.92 Å². The zero-order valence-electron chi connectivity index (χ0n) is 9.94. The van der Waals surface area contributed by atoms with Gasteiger partial charge in [-0.2, -0.15) is 5.26 Å². The van der Waals surface area contributed by atoms with Gasteiger partial charge in [0.25, 0.3) is 5.91 Å². The van der Waals surface area contributed by atoms with Crippen LogP contribution in [0.2, 0.25) is 0 Å². The van der Waals surface area contributed by atoms with Crippen LogP contribution in [0.15, 0.2) is 24.3 Å². The second-order valence-electron chi connectivity index (χ2n) is 4.64. The number of carbonyl (C=O) groups excluding carboxylic acids is 1. The number of hydrogen-bond acceptors (Lipinski definition) is 2. The molecule has 0 bridgehead atoms. The Hall–Kier alpha value is -1.82. The summed E-state index contributed by atoms with van der Waals surface area (Å²) in [7, 11) is 0. The highest BCUT2D eigenvalue weighted by atomic mass is 16.1. The maximum absolute atomic E-state index is 11.9. The number of hydrogen-bond donors (Lipinski definition) is 1. The Balaban J connectivity index is 1.96. The van der Waals surface area contributed by atoms with Crippen molar-refractivity contribution in [1.82, 2.24) is 5.32 Å². The Labute approximate surface area is 101 Å². The summed E-state index contributed by atoms with van der Waals surface area (Å²) in [5.74, 6) is 0.589. The fourth-order valence-corrected chi connectivity index (χ4v) is 2.04. The van der Waals surface area contributed by atoms with Crippen LogP contribution >= 0.6 is 0 Å². The minimum Gasteiger partial charge on any atom is -0.349 e. The molecule has 0 spiro atoms. The molecule has 1 atom stereocenters. The minimum absolute atomic E-state index is 0.0473. The molecule has 1 saturated carbocycles. The first-order chi connectivity index (χ1) is 8.20. The molecule has 0 aliphatic heterocycles. The summed E-state index contributed by atoms with van der Waals surface area (Å²) in [4.78, 5) is 11.9. The molecule has 88 valence electrons. The quantitative estimate of drug-likeness (QED) is 0.864. The predicted octanol–water partition coefficient (Wildman–Crippen LogP) is 2.48. The number of benzene rings is 1. The SMILES string of the molecule is CC(NC(=O)c1ccc(C#N)cc1)C1CCC1. The predicted molar refractivity (Wildman–Crippen MR) is 65.4 cm³/mol. The van der Waals surface area contributed by atoms with E-state index in [4.69, 9.17) is 5.26 Å². The largest absolute Gasteiger partial charge is 0.349 e. The molecular weight excluding hydrogens is 212 g/mol. The zero-order valence-corrected chi connectivity index (χ0v) is 9.94. The molecule has 1 aromatic carbocycles. The van der Waals surface area contributed by atoms with Gasteiger partial charge in [0, 0.05) is 11.6 Å². The molecule has 17 heavy (non-hydrogen) atoms. The Morgan fingerprint density at radius 1 is 1.41 bits per heavy atom. The lowest BCUT2D eigenvalue weighted by atomic mass is 9.80. The van der Waals surface area contributed by atoms with Gasteiger partial charge >= 0.3 is 0 Å². The monoisotopic (exact) mass is 228 g/mol. The van der Waals surface area contributed by atoms with Crippen molar-refractivity contribution in [3.63, 3.8) is 0 Å². The third-order valence-corrected chi connectivity index (χ3v) is 3.49. The first-order valence-corrected chi connectivity index (χ1v) is 6.01. The molecule has 0 saturated heterocycles. The van der Waals surface area contributed by atoms with Gasteiger partial charge in [-0.25, -0.2) is 0 Å². The van der Waals surface area contributed by atoms with E-state index in [1.807, 2.05) is 6.07 Å². The molecule has 1 aliphatic rings. The molecule has 1 unspecified atom stereocenters. The maximum Gasteiger partial charge on any atom is 0.251 e. The van der Waals surface area contributed by atoms with Gasteiger partial charge in [-0.15, -0.1) is 0 Å². The average Bonchev–Trinajstić information content (AvgIpc) is 2.26. The van der Waals surface area contributed by atoms with E-state index in [1.165, 1.54) is 19.3 Å². The third-order valence-electron chi connectivity index (χ3n) is 3.49. The molecule has 2 rings (SSSR count). The Kier molecular flexibility index (Phi) is 3.43. The van der Waals surface area contributed by atoms with Crippen LogP contribution in [0.25, 0.3) is 0 Å². The lowest BCUT2D eigenvalue weighted by molar-refractivity contribution is 0.0909. The summed E-state index contributed by atoms with van der Waals surface area (Å²) >= 11 is 0. The van der Waals surface area contributed by atoms with Crippen molar-refractivity contribution >= 4 is 5.91 Å². The van der Waals surface area contributed by atoms with E-state index in [2.05, 4.69) is 12.2 Å². The highest BCUT2D eigenvalue weighted by Gasteiger charge is 2.25. The van der Waals surface area contributed by atoms with Crippen LogP contribution in [0.4, 0.5) is 0 Å². The average molecular weight is 228 g/mol. The van der Waals surface area contributed by atoms with Crippen LogP contribution in [0.3, 0.4) is 0 Å². The highest BCUT2D eigenvalue weighted by molar-refractivity contribution is 5.94. The topological polar surface area (TPSA) is 52.9 Å². The fraction of sp³-hybridized carbons (Fsp3) is 0.429. The number of carbonyl (C=O) groups is 1. The molecule has 3 nitrogen and oxygen atoms in total. The molecule has 1 fully saturated rings. The molecular formula is C14H16N2O. The van der Waals surface area contributed by atoms with Gasteiger partial charge < -0.3 is 5.32 Å². The second kappa shape index (κ2) is 5.01. The Morgan fingerprint density at radius 2 is 2.06 bits per heavy atom. The summed E-state index contributed by atoms with van der Waals surface area (Å²) in [5, 5.41) is 11.7. The van der Waals surface area contributed by atoms with Gasteiger partial charge in [-0.1, -0.05) is 6.42 Å². The van der Waals surface area contributed by atoms with Gasteiger partial charge in [-0.05, 0) is 49.9 Å². The summed E-state index contributed by atoms with van der Waals surface area (Å²) < 4.78 is 0. The van der Waals surface area contributed by atoms with Crippen LogP contribution in [-0.4, -0.2) is 11.9 Å². The van der Waals surface area contributed by atoms with Crippen LogP contribution in [0.5, 0.6) is 0 Å². The number of nitrogens with one attached hydrogen (secondary N) is 1. The van der Waals surface area contributed by atoms with E-state index >= 15 is 0 Å². The lowest BCUT2D eigenvalue weighted by Gasteiger charge is -2.31. The Morgan fingerprint density at radius 3 is 2.53 bits per heavy atom. The Bertz CT molecular complexity index is 440. The number of rotatable bonds is 3. The van der Waals surface area contributed by atoms with E-state index in [0.29, 0.717) is 17.0 Å². The van der Waals surface area contributed by atoms with Crippen molar-refractivity contribution in [1.29, 1.82) is 5.26 Å². The summed E-state index contributed by atoms with van der Waals surface area (Å²) in [6, 6.07) is 9.01. The number of amides is 1. The second-order valence-corrected chi connectivity index (χ2v) is 4.64. The molecule has 3 heteroatoms. The molecule has 0 radical (unpaired) electrons. The van der Waals surface area contributed by atoms with Crippen LogP contribution in [0.1, 0.15) is 42.1 Å². The molecule has 0 aromatic heterocycles. The van der Waals surface area contributed by atoms with Crippen LogP contribution in [-0.2, 0) is 0 Å². The van der Waals surface area contributed by atoms with E-state index in [0.717, 1.165) is 0 Å². The van der Waals surface area contributed by atoms with Gasteiger partial charge in [0.2, 0.25) is 0 Å². The molecule has 1 aliphatic carbocycles. The summed E-state index contributed by atoms with van der Waals surface area (Å²) in [6.07, 6.45) is 3.71. The minimum atomic E-state index is -0.0473. The van der Waals surface area contributed by atoms with Crippen molar-refractivity contribution in [3.05, 3.63) is 35.4 Å². The smallest absolute Gasteiger partial charge is 0.251 e. The number of nitriles is 1. The molecule has 1 N–H and O–H groups in total. The fourth-order valence-electron chi connectivity index (χ4n) is 2.04. The van der Waals surface area contributed by atoms with Crippen LogP contribution < -0.4 is 5.32 Å². The van der Waals surface area contributed by atoms with E-state index in [-0.39, 0.29) is 11.9 Å². The summed E-state index contributed by atoms with van der Waals surface area (Å²) in [5.41, 5.74) is 1.20. The van der Waals surface area contributed by atoms with Gasteiger partial charge in [0.1, 0.15) is 0 Å². The van der Waals surface area contributed by atoms with Gasteiger partial charge in [0.15, 0.2) is 0 Å². The summed E-state index contributed by atoms with van der Waals surface area (Å²) in [6.45, 7) is 2.06. The molecule has 1 amide bonds. The normalized spacial score (nSPS) is 16.7. The van der Waals surface area contributed by atoms with Crippen molar-refractivity contribution in [2.75, 3.05) is 0 Å². The van der Waals surface area contributed by atoms with E-state index in [1.54, 1.807) is 24.3 Å². The highest BCUT2D eigenvalue weighted by Crippen LogP contribution is 2.29. The third kappa shape index (κ3) is 2.65. The first-order valence-electron chi connectivity index (χ1n) is 6.01. The standard InChI is InChI=1S/C14H16N2O/c1-10(12-3-2-4-12)16-14(17)13-7-5-11(9-15)6-8-13/h5-8,10,12H,2-4H2,1H3,(H,16,17). The van der Waals surface area contributed by atoms with Crippen molar-refractivity contribution in [2.45, 2.75) is 32.2 Å².